The van der Waals surface area contributed by atoms with Crippen molar-refractivity contribution in [2.24, 2.45) is 0 Å². The lowest BCUT2D eigenvalue weighted by Gasteiger charge is -2.22. The highest BCUT2D eigenvalue weighted by Crippen LogP contribution is 2.27. The number of rotatable bonds is 7. The van der Waals surface area contributed by atoms with E-state index in [1.54, 1.807) is 36.7 Å². The Morgan fingerprint density at radius 1 is 0.889 bits per heavy atom. The van der Waals surface area contributed by atoms with E-state index in [9.17, 15) is 9.59 Å². The topological polar surface area (TPSA) is 72.2 Å². The number of aromatic nitrogens is 1. The summed E-state index contributed by atoms with van der Waals surface area (Å²) in [5.74, 6) is -0.0244. The molecule has 0 spiro atoms. The molecule has 5 heteroatoms. The number of hydrogen-bond acceptors (Lipinski definition) is 4. The average molecular weight is 475 g/mol. The molecule has 2 heterocycles. The zero-order valence-corrected chi connectivity index (χ0v) is 20.2. The first kappa shape index (κ1) is 23.2. The van der Waals surface area contributed by atoms with Gasteiger partial charge in [-0.25, -0.2) is 0 Å². The molecule has 36 heavy (non-hydrogen) atoms. The highest BCUT2D eigenvalue weighted by Gasteiger charge is 2.20. The number of fused-ring (bicyclic) bond motifs is 1. The van der Waals surface area contributed by atoms with Crippen LogP contribution in [0.5, 0.6) is 0 Å². The predicted octanol–water partition coefficient (Wildman–Crippen LogP) is 6.12. The number of benzene rings is 3. The van der Waals surface area contributed by atoms with Gasteiger partial charge in [0.25, 0.3) is 0 Å². The van der Waals surface area contributed by atoms with Crippen LogP contribution in [-0.4, -0.2) is 16.7 Å². The Morgan fingerprint density at radius 3 is 2.42 bits per heavy atom. The summed E-state index contributed by atoms with van der Waals surface area (Å²) in [5, 5.41) is 4.01. The second-order valence-corrected chi connectivity index (χ2v) is 9.00. The van der Waals surface area contributed by atoms with Crippen LogP contribution in [0.15, 0.2) is 102 Å². The maximum atomic E-state index is 13.2. The normalized spacial score (nSPS) is 11.8. The second-order valence-electron chi connectivity index (χ2n) is 9.00. The number of carbonyl (C=O) groups is 2. The molecule has 0 saturated heterocycles. The van der Waals surface area contributed by atoms with Crippen molar-refractivity contribution in [3.8, 4) is 0 Å². The highest BCUT2D eigenvalue weighted by atomic mass is 16.3. The Bertz CT molecular complexity index is 1540. The maximum absolute atomic E-state index is 13.2. The molecule has 3 aromatic carbocycles. The van der Waals surface area contributed by atoms with Gasteiger partial charge < -0.3 is 9.73 Å². The van der Waals surface area contributed by atoms with Crippen molar-refractivity contribution >= 4 is 22.7 Å². The van der Waals surface area contributed by atoms with Crippen LogP contribution in [0.3, 0.4) is 0 Å². The molecule has 5 rings (SSSR count). The third kappa shape index (κ3) is 4.96. The molecule has 1 unspecified atom stereocenters. The highest BCUT2D eigenvalue weighted by molar-refractivity contribution is 6.08. The summed E-state index contributed by atoms with van der Waals surface area (Å²) < 4.78 is 5.78. The Hall–Kier alpha value is -4.51. The van der Waals surface area contributed by atoms with Crippen LogP contribution >= 0.6 is 0 Å². The number of carbonyl (C=O) groups excluding carboxylic acids is 2. The van der Waals surface area contributed by atoms with Gasteiger partial charge in [-0.05, 0) is 66.4 Å². The second kappa shape index (κ2) is 10.0. The van der Waals surface area contributed by atoms with Gasteiger partial charge >= 0.3 is 0 Å². The van der Waals surface area contributed by atoms with Crippen molar-refractivity contribution < 1.29 is 14.0 Å². The van der Waals surface area contributed by atoms with Gasteiger partial charge in [0.05, 0.1) is 12.5 Å². The molecule has 0 radical (unpaired) electrons. The first-order valence-corrected chi connectivity index (χ1v) is 11.9. The van der Waals surface area contributed by atoms with Crippen LogP contribution in [0.2, 0.25) is 0 Å². The number of aryl methyl sites for hydroxylation is 2. The summed E-state index contributed by atoms with van der Waals surface area (Å²) >= 11 is 0. The summed E-state index contributed by atoms with van der Waals surface area (Å²) in [6.45, 7) is 4.14. The smallest absolute Gasteiger partial charge is 0.228 e. The average Bonchev–Trinajstić information content (AvgIpc) is 3.32. The van der Waals surface area contributed by atoms with E-state index >= 15 is 0 Å². The van der Waals surface area contributed by atoms with Gasteiger partial charge in [-0.2, -0.15) is 0 Å². The fourth-order valence-electron chi connectivity index (χ4n) is 4.49. The standard InChI is InChI=1S/C31H26N2O3/c1-20-8-10-26(21(2)16-20)30(23-6-4-3-5-7-23)33-29(34)18-22-9-11-27-25(17-22)19-28(36-27)31(35)24-12-14-32-15-13-24/h3-17,19,30H,18H2,1-2H3,(H,33,34). The largest absolute Gasteiger partial charge is 0.453 e. The summed E-state index contributed by atoms with van der Waals surface area (Å²) in [5.41, 5.74) is 6.39. The number of pyridine rings is 1. The van der Waals surface area contributed by atoms with Crippen LogP contribution in [-0.2, 0) is 11.2 Å². The maximum Gasteiger partial charge on any atom is 0.228 e. The minimum absolute atomic E-state index is 0.0836. The number of amides is 1. The molecule has 0 aliphatic rings. The number of nitrogens with zero attached hydrogens (tertiary/aromatic N) is 1. The fraction of sp³-hybridized carbons (Fsp3) is 0.129. The van der Waals surface area contributed by atoms with Gasteiger partial charge in [0.1, 0.15) is 5.58 Å². The Balaban J connectivity index is 1.37. The molecule has 178 valence electrons. The lowest BCUT2D eigenvalue weighted by molar-refractivity contribution is -0.120. The lowest BCUT2D eigenvalue weighted by Crippen LogP contribution is -2.31. The number of ketones is 1. The summed E-state index contributed by atoms with van der Waals surface area (Å²) in [4.78, 5) is 29.9. The van der Waals surface area contributed by atoms with E-state index in [1.807, 2.05) is 42.5 Å². The molecule has 1 amide bonds. The van der Waals surface area contributed by atoms with E-state index in [0.29, 0.717) is 11.1 Å². The predicted molar refractivity (Wildman–Crippen MR) is 140 cm³/mol. The zero-order chi connectivity index (χ0) is 25.1. The molecule has 0 bridgehead atoms. The number of hydrogen-bond donors (Lipinski definition) is 1. The van der Waals surface area contributed by atoms with Crippen molar-refractivity contribution in [3.63, 3.8) is 0 Å². The minimum atomic E-state index is -0.249. The molecule has 1 N–H and O–H groups in total. The van der Waals surface area contributed by atoms with E-state index in [4.69, 9.17) is 4.42 Å². The monoisotopic (exact) mass is 474 g/mol. The van der Waals surface area contributed by atoms with Gasteiger partial charge in [-0.1, -0.05) is 60.2 Å². The third-order valence-electron chi connectivity index (χ3n) is 6.29. The molecule has 0 aliphatic carbocycles. The van der Waals surface area contributed by atoms with Gasteiger partial charge in [-0.15, -0.1) is 0 Å². The Labute approximate surface area is 209 Å². The van der Waals surface area contributed by atoms with E-state index in [1.165, 1.54) is 5.56 Å². The molecule has 5 nitrogen and oxygen atoms in total. The molecule has 0 fully saturated rings. The summed E-state index contributed by atoms with van der Waals surface area (Å²) in [7, 11) is 0. The summed E-state index contributed by atoms with van der Waals surface area (Å²) in [6, 6.07) is 26.6. The quantitative estimate of drug-likeness (QED) is 0.288. The zero-order valence-electron chi connectivity index (χ0n) is 20.2. The lowest BCUT2D eigenvalue weighted by atomic mass is 9.93. The van der Waals surface area contributed by atoms with E-state index in [-0.39, 0.29) is 29.9 Å². The number of nitrogens with one attached hydrogen (secondary N) is 1. The SMILES string of the molecule is Cc1ccc(C(NC(=O)Cc2ccc3oc(C(=O)c4ccncc4)cc3c2)c2ccccc2)c(C)c1. The van der Waals surface area contributed by atoms with Crippen LogP contribution in [0.1, 0.15) is 50.0 Å². The number of furan rings is 1. The molecular formula is C31H26N2O3. The van der Waals surface area contributed by atoms with Gasteiger partial charge in [0.2, 0.25) is 11.7 Å². The van der Waals surface area contributed by atoms with E-state index in [0.717, 1.165) is 27.6 Å². The first-order chi connectivity index (χ1) is 17.5. The van der Waals surface area contributed by atoms with Crippen molar-refractivity contribution in [2.45, 2.75) is 26.3 Å². The van der Waals surface area contributed by atoms with E-state index in [2.05, 4.69) is 42.3 Å². The van der Waals surface area contributed by atoms with Gasteiger partial charge in [0.15, 0.2) is 5.76 Å². The van der Waals surface area contributed by atoms with Crippen molar-refractivity contribution in [1.82, 2.24) is 10.3 Å². The Kier molecular flexibility index (Phi) is 6.46. The Morgan fingerprint density at radius 2 is 1.67 bits per heavy atom. The molecule has 5 aromatic rings. The third-order valence-corrected chi connectivity index (χ3v) is 6.29. The molecule has 0 aliphatic heterocycles. The van der Waals surface area contributed by atoms with Gasteiger partial charge in [-0.3, -0.25) is 14.6 Å². The molecule has 1 atom stereocenters. The first-order valence-electron chi connectivity index (χ1n) is 11.9. The van der Waals surface area contributed by atoms with E-state index < -0.39 is 0 Å². The van der Waals surface area contributed by atoms with Crippen LogP contribution < -0.4 is 5.32 Å². The molecule has 2 aromatic heterocycles. The summed E-state index contributed by atoms with van der Waals surface area (Å²) in [6.07, 6.45) is 3.36. The van der Waals surface area contributed by atoms with Crippen LogP contribution in [0.25, 0.3) is 11.0 Å². The van der Waals surface area contributed by atoms with Crippen molar-refractivity contribution in [1.29, 1.82) is 0 Å². The van der Waals surface area contributed by atoms with Crippen LogP contribution in [0.4, 0.5) is 0 Å². The van der Waals surface area contributed by atoms with Crippen molar-refractivity contribution in [2.75, 3.05) is 0 Å². The molecule has 0 saturated carbocycles. The fourth-order valence-corrected chi connectivity index (χ4v) is 4.49. The molecular weight excluding hydrogens is 448 g/mol. The van der Waals surface area contributed by atoms with Crippen LogP contribution in [0, 0.1) is 13.8 Å². The van der Waals surface area contributed by atoms with Crippen molar-refractivity contribution in [3.05, 3.63) is 136 Å². The minimum Gasteiger partial charge on any atom is -0.453 e. The van der Waals surface area contributed by atoms with Gasteiger partial charge in [0, 0.05) is 23.3 Å².